The zero-order valence-electron chi connectivity index (χ0n) is 6.54. The van der Waals surface area contributed by atoms with Gasteiger partial charge >= 0.3 is 6.09 Å². The van der Waals surface area contributed by atoms with E-state index in [1.165, 1.54) is 0 Å². The van der Waals surface area contributed by atoms with Gasteiger partial charge in [0.05, 0.1) is 6.10 Å². The quantitative estimate of drug-likeness (QED) is 0.641. The van der Waals surface area contributed by atoms with Gasteiger partial charge in [0.25, 0.3) is 0 Å². The van der Waals surface area contributed by atoms with E-state index in [1.807, 2.05) is 6.92 Å². The molecule has 0 radical (unpaired) electrons. The Morgan fingerprint density at radius 3 is 2.82 bits per heavy atom. The highest BCUT2D eigenvalue weighted by molar-refractivity contribution is 5.65. The molecular weight excluding hydrogens is 146 g/mol. The Morgan fingerprint density at radius 1 is 1.73 bits per heavy atom. The van der Waals surface area contributed by atoms with Gasteiger partial charge in [0.1, 0.15) is 0 Å². The topological polar surface area (TPSA) is 58.6 Å². The van der Waals surface area contributed by atoms with E-state index in [9.17, 15) is 4.79 Å². The Bertz CT molecular complexity index is 143. The first kappa shape index (κ1) is 8.33. The summed E-state index contributed by atoms with van der Waals surface area (Å²) in [5.74, 6) is 0. The van der Waals surface area contributed by atoms with Crippen LogP contribution in [0.2, 0.25) is 0 Å². The third-order valence-electron chi connectivity index (χ3n) is 1.82. The van der Waals surface area contributed by atoms with Gasteiger partial charge in [-0.15, -0.1) is 0 Å². The third-order valence-corrected chi connectivity index (χ3v) is 1.82. The van der Waals surface area contributed by atoms with Crippen molar-refractivity contribution in [1.82, 2.24) is 5.32 Å². The standard InChI is InChI=1S/C7H13NO3/c1-2-11-6-3-5(4-6)8-7(9)10/h5-6,8H,2-4H2,1H3,(H,9,10). The minimum atomic E-state index is -0.940. The molecule has 1 fully saturated rings. The Balaban J connectivity index is 2.04. The summed E-state index contributed by atoms with van der Waals surface area (Å²) in [4.78, 5) is 10.1. The highest BCUT2D eigenvalue weighted by atomic mass is 16.5. The lowest BCUT2D eigenvalue weighted by atomic mass is 9.89. The average Bonchev–Trinajstić information content (AvgIpc) is 1.82. The molecule has 0 heterocycles. The van der Waals surface area contributed by atoms with E-state index < -0.39 is 6.09 Å². The van der Waals surface area contributed by atoms with E-state index >= 15 is 0 Å². The van der Waals surface area contributed by atoms with Crippen molar-refractivity contribution in [2.24, 2.45) is 0 Å². The molecule has 0 aromatic carbocycles. The van der Waals surface area contributed by atoms with E-state index in [4.69, 9.17) is 9.84 Å². The number of amides is 1. The highest BCUT2D eigenvalue weighted by Crippen LogP contribution is 2.22. The number of hydrogen-bond acceptors (Lipinski definition) is 2. The number of nitrogens with one attached hydrogen (secondary N) is 1. The van der Waals surface area contributed by atoms with Gasteiger partial charge in [-0.05, 0) is 19.8 Å². The first-order chi connectivity index (χ1) is 5.22. The molecule has 4 nitrogen and oxygen atoms in total. The number of rotatable bonds is 3. The Hall–Kier alpha value is -0.770. The molecule has 0 unspecified atom stereocenters. The molecule has 0 aromatic heterocycles. The van der Waals surface area contributed by atoms with Crippen LogP contribution in [0, 0.1) is 0 Å². The molecule has 0 atom stereocenters. The molecular formula is C7H13NO3. The van der Waals surface area contributed by atoms with Crippen LogP contribution in [0.15, 0.2) is 0 Å². The molecule has 1 aliphatic carbocycles. The van der Waals surface area contributed by atoms with Gasteiger partial charge < -0.3 is 15.2 Å². The largest absolute Gasteiger partial charge is 0.465 e. The van der Waals surface area contributed by atoms with E-state index in [2.05, 4.69) is 5.32 Å². The third kappa shape index (κ3) is 2.38. The molecule has 4 heteroatoms. The van der Waals surface area contributed by atoms with Crippen molar-refractivity contribution in [1.29, 1.82) is 0 Å². The Morgan fingerprint density at radius 2 is 2.36 bits per heavy atom. The Labute approximate surface area is 65.5 Å². The second-order valence-corrected chi connectivity index (χ2v) is 2.70. The molecule has 1 rings (SSSR count). The van der Waals surface area contributed by atoms with Gasteiger partial charge in [0.2, 0.25) is 0 Å². The van der Waals surface area contributed by atoms with Crippen molar-refractivity contribution in [3.8, 4) is 0 Å². The van der Waals surface area contributed by atoms with Gasteiger partial charge in [0, 0.05) is 12.6 Å². The van der Waals surface area contributed by atoms with E-state index in [0.29, 0.717) is 6.61 Å². The summed E-state index contributed by atoms with van der Waals surface area (Å²) in [5, 5.41) is 10.7. The summed E-state index contributed by atoms with van der Waals surface area (Å²) >= 11 is 0. The molecule has 0 aliphatic heterocycles. The summed E-state index contributed by atoms with van der Waals surface area (Å²) in [6.45, 7) is 2.66. The van der Waals surface area contributed by atoms with Gasteiger partial charge in [-0.1, -0.05) is 0 Å². The maximum absolute atomic E-state index is 10.1. The molecule has 1 aliphatic rings. The lowest BCUT2D eigenvalue weighted by molar-refractivity contribution is -0.00851. The molecule has 64 valence electrons. The zero-order valence-corrected chi connectivity index (χ0v) is 6.54. The summed E-state index contributed by atoms with van der Waals surface area (Å²) < 4.78 is 5.26. The maximum Gasteiger partial charge on any atom is 0.404 e. The van der Waals surface area contributed by atoms with Crippen LogP contribution < -0.4 is 5.32 Å². The predicted octanol–water partition coefficient (Wildman–Crippen LogP) is 0.822. The molecule has 0 saturated heterocycles. The number of carboxylic acid groups (broad SMARTS) is 1. The van der Waals surface area contributed by atoms with Crippen molar-refractivity contribution in [3.05, 3.63) is 0 Å². The smallest absolute Gasteiger partial charge is 0.404 e. The lowest BCUT2D eigenvalue weighted by Gasteiger charge is -2.34. The fourth-order valence-corrected chi connectivity index (χ4v) is 1.23. The second-order valence-electron chi connectivity index (χ2n) is 2.70. The maximum atomic E-state index is 10.1. The molecule has 1 saturated carbocycles. The van der Waals surface area contributed by atoms with Crippen molar-refractivity contribution in [2.75, 3.05) is 6.61 Å². The first-order valence-electron chi connectivity index (χ1n) is 3.83. The van der Waals surface area contributed by atoms with Crippen LogP contribution in [0.25, 0.3) is 0 Å². The zero-order chi connectivity index (χ0) is 8.27. The summed E-state index contributed by atoms with van der Waals surface area (Å²) in [5.41, 5.74) is 0. The fraction of sp³-hybridized carbons (Fsp3) is 0.857. The molecule has 0 bridgehead atoms. The second kappa shape index (κ2) is 3.57. The monoisotopic (exact) mass is 159 g/mol. The fourth-order valence-electron chi connectivity index (χ4n) is 1.23. The predicted molar refractivity (Wildman–Crippen MR) is 39.6 cm³/mol. The van der Waals surface area contributed by atoms with Crippen LogP contribution in [-0.4, -0.2) is 30.0 Å². The average molecular weight is 159 g/mol. The van der Waals surface area contributed by atoms with Crippen LogP contribution in [0.1, 0.15) is 19.8 Å². The van der Waals surface area contributed by atoms with Crippen LogP contribution in [0.5, 0.6) is 0 Å². The summed E-state index contributed by atoms with van der Waals surface area (Å²) in [6.07, 6.45) is 0.974. The Kier molecular flexibility index (Phi) is 2.70. The molecule has 0 aromatic rings. The van der Waals surface area contributed by atoms with Crippen LogP contribution in [0.4, 0.5) is 4.79 Å². The highest BCUT2D eigenvalue weighted by Gasteiger charge is 2.30. The minimum absolute atomic E-state index is 0.115. The van der Waals surface area contributed by atoms with Crippen molar-refractivity contribution < 1.29 is 14.6 Å². The lowest BCUT2D eigenvalue weighted by Crippen LogP contribution is -2.47. The van der Waals surface area contributed by atoms with E-state index in [-0.39, 0.29) is 12.1 Å². The number of hydrogen-bond donors (Lipinski definition) is 2. The number of carbonyl (C=O) groups is 1. The van der Waals surface area contributed by atoms with Gasteiger partial charge in [-0.2, -0.15) is 0 Å². The SMILES string of the molecule is CCOC1CC(NC(=O)O)C1. The minimum Gasteiger partial charge on any atom is -0.465 e. The van der Waals surface area contributed by atoms with Crippen molar-refractivity contribution in [2.45, 2.75) is 31.9 Å². The molecule has 2 N–H and O–H groups in total. The number of ether oxygens (including phenoxy) is 1. The van der Waals surface area contributed by atoms with Crippen molar-refractivity contribution >= 4 is 6.09 Å². The molecule has 11 heavy (non-hydrogen) atoms. The normalized spacial score (nSPS) is 29.2. The molecule has 0 spiro atoms. The van der Waals surface area contributed by atoms with E-state index in [1.54, 1.807) is 0 Å². The van der Waals surface area contributed by atoms with Crippen molar-refractivity contribution in [3.63, 3.8) is 0 Å². The first-order valence-corrected chi connectivity index (χ1v) is 3.83. The van der Waals surface area contributed by atoms with Crippen LogP contribution in [0.3, 0.4) is 0 Å². The summed E-state index contributed by atoms with van der Waals surface area (Å²) in [6, 6.07) is 0.115. The molecule has 1 amide bonds. The summed E-state index contributed by atoms with van der Waals surface area (Å²) in [7, 11) is 0. The van der Waals surface area contributed by atoms with Crippen LogP contribution in [-0.2, 0) is 4.74 Å². The van der Waals surface area contributed by atoms with Gasteiger partial charge in [0.15, 0.2) is 0 Å². The van der Waals surface area contributed by atoms with Crippen LogP contribution >= 0.6 is 0 Å². The van der Waals surface area contributed by atoms with Gasteiger partial charge in [-0.25, -0.2) is 4.79 Å². The van der Waals surface area contributed by atoms with Gasteiger partial charge in [-0.3, -0.25) is 0 Å². The van der Waals surface area contributed by atoms with E-state index in [0.717, 1.165) is 12.8 Å².